The highest BCUT2D eigenvalue weighted by Crippen LogP contribution is 2.31. The summed E-state index contributed by atoms with van der Waals surface area (Å²) in [6, 6.07) is 2.31. The molecule has 0 saturated heterocycles. The molecule has 1 atom stereocenters. The maximum atomic E-state index is 13.8. The van der Waals surface area contributed by atoms with Crippen molar-refractivity contribution in [2.45, 2.75) is 17.8 Å². The summed E-state index contributed by atoms with van der Waals surface area (Å²) in [5.41, 5.74) is 0.234. The smallest absolute Gasteiger partial charge is 0.212 e. The third-order valence-corrected chi connectivity index (χ3v) is 3.92. The Hall–Kier alpha value is -1.44. The van der Waals surface area contributed by atoms with Crippen LogP contribution in [0.2, 0.25) is 0 Å². The molecule has 110 valence electrons. The van der Waals surface area contributed by atoms with Gasteiger partial charge in [-0.05, 0) is 12.1 Å². The molecule has 1 aliphatic heterocycles. The van der Waals surface area contributed by atoms with E-state index in [-0.39, 0.29) is 22.8 Å². The number of sulfone groups is 1. The zero-order valence-electron chi connectivity index (χ0n) is 11.1. The number of rotatable bonds is 5. The van der Waals surface area contributed by atoms with Crippen molar-refractivity contribution in [2.24, 2.45) is 0 Å². The summed E-state index contributed by atoms with van der Waals surface area (Å²) in [6.45, 7) is 4.61. The maximum absolute atomic E-state index is 13.8. The number of benzene rings is 1. The molecule has 20 heavy (non-hydrogen) atoms. The van der Waals surface area contributed by atoms with E-state index in [1.54, 1.807) is 6.08 Å². The predicted octanol–water partition coefficient (Wildman–Crippen LogP) is 1.24. The van der Waals surface area contributed by atoms with Crippen LogP contribution >= 0.6 is 0 Å². The van der Waals surface area contributed by atoms with E-state index in [9.17, 15) is 12.8 Å². The first-order valence-corrected chi connectivity index (χ1v) is 7.93. The fourth-order valence-corrected chi connectivity index (χ4v) is 2.44. The minimum absolute atomic E-state index is 0.0473. The first kappa shape index (κ1) is 15.0. The molecule has 0 fully saturated rings. The van der Waals surface area contributed by atoms with Crippen molar-refractivity contribution >= 4 is 9.84 Å². The van der Waals surface area contributed by atoms with E-state index in [0.717, 1.165) is 12.3 Å². The van der Waals surface area contributed by atoms with Gasteiger partial charge in [0.2, 0.25) is 6.29 Å². The second-order valence-corrected chi connectivity index (χ2v) is 6.48. The van der Waals surface area contributed by atoms with Crippen LogP contribution in [0.25, 0.3) is 0 Å². The van der Waals surface area contributed by atoms with Gasteiger partial charge in [0.15, 0.2) is 9.84 Å². The fourth-order valence-electron chi connectivity index (χ4n) is 1.80. The molecule has 1 aromatic rings. The zero-order chi connectivity index (χ0) is 14.8. The van der Waals surface area contributed by atoms with Gasteiger partial charge < -0.3 is 14.8 Å². The molecule has 0 aliphatic carbocycles. The summed E-state index contributed by atoms with van der Waals surface area (Å²) >= 11 is 0. The Kier molecular flexibility index (Phi) is 4.42. The molecular formula is C13H16FNO4S. The largest absolute Gasteiger partial charge is 0.463 e. The monoisotopic (exact) mass is 301 g/mol. The van der Waals surface area contributed by atoms with Crippen molar-refractivity contribution in [1.82, 2.24) is 5.32 Å². The lowest BCUT2D eigenvalue weighted by atomic mass is 10.2. The van der Waals surface area contributed by atoms with E-state index in [1.165, 1.54) is 6.07 Å². The Labute approximate surface area is 117 Å². The van der Waals surface area contributed by atoms with Gasteiger partial charge in [0, 0.05) is 12.8 Å². The fraction of sp³-hybridized carbons (Fsp3) is 0.385. The number of fused-ring (bicyclic) bond motifs is 1. The third-order valence-electron chi connectivity index (χ3n) is 2.83. The van der Waals surface area contributed by atoms with Crippen LogP contribution in [-0.4, -0.2) is 34.1 Å². The van der Waals surface area contributed by atoms with Crippen LogP contribution in [0, 0.1) is 5.82 Å². The first-order chi connectivity index (χ1) is 9.41. The normalized spacial score (nSPS) is 18.2. The van der Waals surface area contributed by atoms with Crippen LogP contribution in [0.5, 0.6) is 5.75 Å². The topological polar surface area (TPSA) is 64.6 Å². The van der Waals surface area contributed by atoms with Gasteiger partial charge in [-0.15, -0.1) is 6.58 Å². The summed E-state index contributed by atoms with van der Waals surface area (Å²) in [6.07, 6.45) is 2.13. The standard InChI is InChI=1S/C13H16FNO4S/c1-3-4-15-7-13-18-8-10-11(14)5-9(20(2,16)17)6-12(10)19-13/h3,5-6,13,15H,1,4,7-8H2,2H3. The Morgan fingerprint density at radius 3 is 2.95 bits per heavy atom. The molecule has 0 spiro atoms. The van der Waals surface area contributed by atoms with Crippen LogP contribution in [0.1, 0.15) is 5.56 Å². The van der Waals surface area contributed by atoms with Crippen molar-refractivity contribution in [3.63, 3.8) is 0 Å². The van der Waals surface area contributed by atoms with Crippen molar-refractivity contribution in [3.8, 4) is 5.75 Å². The highest BCUT2D eigenvalue weighted by atomic mass is 32.2. The molecular weight excluding hydrogens is 285 g/mol. The number of ether oxygens (including phenoxy) is 2. The first-order valence-electron chi connectivity index (χ1n) is 6.04. The lowest BCUT2D eigenvalue weighted by Crippen LogP contribution is -2.36. The Morgan fingerprint density at radius 2 is 2.30 bits per heavy atom. The second kappa shape index (κ2) is 5.90. The second-order valence-electron chi connectivity index (χ2n) is 4.46. The molecule has 5 nitrogen and oxygen atoms in total. The van der Waals surface area contributed by atoms with Crippen molar-refractivity contribution in [2.75, 3.05) is 19.3 Å². The summed E-state index contributed by atoms with van der Waals surface area (Å²) < 4.78 is 47.6. The Morgan fingerprint density at radius 1 is 1.55 bits per heavy atom. The van der Waals surface area contributed by atoms with Crippen molar-refractivity contribution in [1.29, 1.82) is 0 Å². The van der Waals surface area contributed by atoms with Crippen LogP contribution in [0.3, 0.4) is 0 Å². The number of hydrogen-bond acceptors (Lipinski definition) is 5. The molecule has 1 aliphatic rings. The molecule has 0 radical (unpaired) electrons. The van der Waals surface area contributed by atoms with E-state index in [0.29, 0.717) is 13.1 Å². The van der Waals surface area contributed by atoms with Gasteiger partial charge in [-0.1, -0.05) is 6.08 Å². The van der Waals surface area contributed by atoms with E-state index in [1.807, 2.05) is 0 Å². The summed E-state index contributed by atoms with van der Waals surface area (Å²) in [7, 11) is -3.49. The molecule has 2 rings (SSSR count). The molecule has 7 heteroatoms. The molecule has 1 N–H and O–H groups in total. The molecule has 1 aromatic carbocycles. The molecule has 1 unspecified atom stereocenters. The minimum atomic E-state index is -3.49. The maximum Gasteiger partial charge on any atom is 0.212 e. The van der Waals surface area contributed by atoms with E-state index in [2.05, 4.69) is 11.9 Å². The molecule has 1 heterocycles. The van der Waals surface area contributed by atoms with Crippen LogP contribution in [0.15, 0.2) is 29.7 Å². The van der Waals surface area contributed by atoms with Gasteiger partial charge in [-0.3, -0.25) is 0 Å². The predicted molar refractivity (Wildman–Crippen MR) is 71.8 cm³/mol. The summed E-state index contributed by atoms with van der Waals surface area (Å²) in [5, 5.41) is 3.01. The number of halogens is 1. The van der Waals surface area contributed by atoms with Crippen molar-refractivity contribution < 1.29 is 22.3 Å². The quantitative estimate of drug-likeness (QED) is 0.655. The molecule has 0 amide bonds. The van der Waals surface area contributed by atoms with Gasteiger partial charge in [-0.2, -0.15) is 0 Å². The van der Waals surface area contributed by atoms with Gasteiger partial charge in [0.25, 0.3) is 0 Å². The van der Waals surface area contributed by atoms with Gasteiger partial charge in [-0.25, -0.2) is 12.8 Å². The van der Waals surface area contributed by atoms with Gasteiger partial charge >= 0.3 is 0 Å². The molecule has 0 saturated carbocycles. The van der Waals surface area contributed by atoms with Crippen LogP contribution < -0.4 is 10.1 Å². The van der Waals surface area contributed by atoms with Gasteiger partial charge in [0.1, 0.15) is 11.6 Å². The van der Waals surface area contributed by atoms with Gasteiger partial charge in [0.05, 0.1) is 23.6 Å². The third kappa shape index (κ3) is 3.36. The number of nitrogens with one attached hydrogen (secondary N) is 1. The molecule has 0 bridgehead atoms. The van der Waals surface area contributed by atoms with Crippen LogP contribution in [0.4, 0.5) is 4.39 Å². The highest BCUT2D eigenvalue weighted by Gasteiger charge is 2.25. The van der Waals surface area contributed by atoms with E-state index in [4.69, 9.17) is 9.47 Å². The minimum Gasteiger partial charge on any atom is -0.463 e. The van der Waals surface area contributed by atoms with E-state index >= 15 is 0 Å². The summed E-state index contributed by atoms with van der Waals surface area (Å²) in [5.74, 6) is -0.428. The highest BCUT2D eigenvalue weighted by molar-refractivity contribution is 7.90. The number of hydrogen-bond donors (Lipinski definition) is 1. The summed E-state index contributed by atoms with van der Waals surface area (Å²) in [4.78, 5) is -0.103. The van der Waals surface area contributed by atoms with Crippen LogP contribution in [-0.2, 0) is 21.2 Å². The zero-order valence-corrected chi connectivity index (χ0v) is 11.9. The lowest BCUT2D eigenvalue weighted by Gasteiger charge is -2.27. The van der Waals surface area contributed by atoms with Crippen molar-refractivity contribution in [3.05, 3.63) is 36.2 Å². The lowest BCUT2D eigenvalue weighted by molar-refractivity contribution is -0.105. The Bertz CT molecular complexity index is 615. The SMILES string of the molecule is C=CCNCC1OCc2c(F)cc(S(C)(=O)=O)cc2O1. The average Bonchev–Trinajstić information content (AvgIpc) is 2.37. The Balaban J connectivity index is 2.21. The average molecular weight is 301 g/mol. The van der Waals surface area contributed by atoms with E-state index < -0.39 is 21.9 Å². The molecule has 0 aromatic heterocycles.